The van der Waals surface area contributed by atoms with Gasteiger partial charge < -0.3 is 5.11 Å². The number of aromatic carboxylic acids is 1. The number of benzene rings is 1. The van der Waals surface area contributed by atoms with Crippen LogP contribution < -0.4 is 4.72 Å². The number of sulfonamides is 1. The van der Waals surface area contributed by atoms with Crippen LogP contribution in [0.2, 0.25) is 0 Å². The van der Waals surface area contributed by atoms with Gasteiger partial charge in [-0.05, 0) is 38.0 Å². The average Bonchev–Trinajstić information content (AvgIpc) is 2.38. The van der Waals surface area contributed by atoms with Crippen LogP contribution >= 0.6 is 0 Å². The van der Waals surface area contributed by atoms with Gasteiger partial charge in [-0.3, -0.25) is 0 Å². The van der Waals surface area contributed by atoms with Crippen molar-refractivity contribution in [3.8, 4) is 0 Å². The molecule has 0 aromatic heterocycles. The Balaban J connectivity index is 2.92. The smallest absolute Gasteiger partial charge is 0.335 e. The van der Waals surface area contributed by atoms with Gasteiger partial charge >= 0.3 is 5.97 Å². The molecule has 5 nitrogen and oxygen atoms in total. The molecule has 0 fully saturated rings. The van der Waals surface area contributed by atoms with Crippen molar-refractivity contribution in [2.75, 3.05) is 0 Å². The Bertz CT molecular complexity index is 596. The molecule has 0 heterocycles. The lowest BCUT2D eigenvalue weighted by molar-refractivity contribution is 0.0696. The zero-order valence-electron chi connectivity index (χ0n) is 12.7. The fourth-order valence-electron chi connectivity index (χ4n) is 2.11. The Morgan fingerprint density at radius 2 is 2.00 bits per heavy atom. The molecule has 6 heteroatoms. The number of hydrogen-bond donors (Lipinski definition) is 2. The van der Waals surface area contributed by atoms with Gasteiger partial charge in [-0.25, -0.2) is 17.9 Å². The van der Waals surface area contributed by atoms with Crippen molar-refractivity contribution in [1.29, 1.82) is 0 Å². The molecule has 1 atom stereocenters. The third kappa shape index (κ3) is 5.13. The largest absolute Gasteiger partial charge is 0.478 e. The minimum Gasteiger partial charge on any atom is -0.478 e. The molecule has 1 unspecified atom stereocenters. The van der Waals surface area contributed by atoms with Crippen LogP contribution in [-0.2, 0) is 10.0 Å². The fraction of sp³-hybridized carbons (Fsp3) is 0.533. The summed E-state index contributed by atoms with van der Waals surface area (Å²) in [6, 6.07) is 3.95. The van der Waals surface area contributed by atoms with E-state index in [9.17, 15) is 13.2 Å². The number of hydrogen-bond acceptors (Lipinski definition) is 3. The highest BCUT2D eigenvalue weighted by Crippen LogP contribution is 2.18. The van der Waals surface area contributed by atoms with Crippen molar-refractivity contribution in [1.82, 2.24) is 4.72 Å². The molecule has 1 aromatic rings. The highest BCUT2D eigenvalue weighted by atomic mass is 32.2. The van der Waals surface area contributed by atoms with Crippen LogP contribution in [0.5, 0.6) is 0 Å². The van der Waals surface area contributed by atoms with Crippen LogP contribution in [0.4, 0.5) is 0 Å². The quantitative estimate of drug-likeness (QED) is 0.723. The monoisotopic (exact) mass is 313 g/mol. The van der Waals surface area contributed by atoms with E-state index in [1.165, 1.54) is 18.2 Å². The Hall–Kier alpha value is -1.40. The Kier molecular flexibility index (Phi) is 6.36. The summed E-state index contributed by atoms with van der Waals surface area (Å²) in [4.78, 5) is 11.0. The Morgan fingerprint density at radius 3 is 2.57 bits per heavy atom. The molecular formula is C15H23NO4S. The van der Waals surface area contributed by atoms with E-state index in [1.807, 2.05) is 6.92 Å². The predicted molar refractivity (Wildman–Crippen MR) is 82.1 cm³/mol. The molecule has 0 radical (unpaired) electrons. The summed E-state index contributed by atoms with van der Waals surface area (Å²) in [6.07, 6.45) is 3.89. The van der Waals surface area contributed by atoms with Gasteiger partial charge in [0.1, 0.15) is 0 Å². The third-order valence-electron chi connectivity index (χ3n) is 3.32. The van der Waals surface area contributed by atoms with Crippen molar-refractivity contribution < 1.29 is 18.3 Å². The zero-order valence-corrected chi connectivity index (χ0v) is 13.5. The second-order valence-electron chi connectivity index (χ2n) is 5.30. The van der Waals surface area contributed by atoms with Crippen LogP contribution in [0.25, 0.3) is 0 Å². The van der Waals surface area contributed by atoms with Gasteiger partial charge in [-0.2, -0.15) is 0 Å². The van der Waals surface area contributed by atoms with Gasteiger partial charge in [0.15, 0.2) is 0 Å². The predicted octanol–water partition coefficient (Wildman–Crippen LogP) is 2.94. The summed E-state index contributed by atoms with van der Waals surface area (Å²) in [5.41, 5.74) is 0.507. The molecule has 0 bridgehead atoms. The summed E-state index contributed by atoms with van der Waals surface area (Å²) in [6.45, 7) is 5.57. The summed E-state index contributed by atoms with van der Waals surface area (Å²) in [5.74, 6) is -1.14. The third-order valence-corrected chi connectivity index (χ3v) is 5.05. The molecule has 0 aliphatic rings. The lowest BCUT2D eigenvalue weighted by Crippen LogP contribution is -2.33. The highest BCUT2D eigenvalue weighted by molar-refractivity contribution is 7.89. The number of carboxylic acid groups (broad SMARTS) is 1. The van der Waals surface area contributed by atoms with Gasteiger partial charge in [0.2, 0.25) is 10.0 Å². The summed E-state index contributed by atoms with van der Waals surface area (Å²) in [5, 5.41) is 8.98. The van der Waals surface area contributed by atoms with Crippen molar-refractivity contribution in [2.24, 2.45) is 0 Å². The van der Waals surface area contributed by atoms with Crippen LogP contribution in [-0.4, -0.2) is 25.5 Å². The number of carboxylic acids is 1. The van der Waals surface area contributed by atoms with Gasteiger partial charge in [0.25, 0.3) is 0 Å². The minimum absolute atomic E-state index is 0.0281. The van der Waals surface area contributed by atoms with Crippen LogP contribution in [0.1, 0.15) is 55.5 Å². The number of carbonyl (C=O) groups is 1. The van der Waals surface area contributed by atoms with Crippen molar-refractivity contribution in [3.05, 3.63) is 29.3 Å². The minimum atomic E-state index is -3.70. The molecule has 1 rings (SSSR count). The van der Waals surface area contributed by atoms with Crippen LogP contribution in [0, 0.1) is 6.92 Å². The summed E-state index contributed by atoms with van der Waals surface area (Å²) in [7, 11) is -3.70. The fourth-order valence-corrected chi connectivity index (χ4v) is 3.66. The summed E-state index contributed by atoms with van der Waals surface area (Å²) >= 11 is 0. The average molecular weight is 313 g/mol. The molecule has 0 amide bonds. The standard InChI is InChI=1S/C15H23NO4S/c1-4-5-6-7-12(3)16-21(19,20)14-10-13(15(17)18)9-8-11(14)2/h8-10,12,16H,4-7H2,1-3H3,(H,17,18). The maximum atomic E-state index is 12.4. The maximum Gasteiger partial charge on any atom is 0.335 e. The van der Waals surface area contributed by atoms with Gasteiger partial charge in [-0.15, -0.1) is 0 Å². The molecule has 118 valence electrons. The molecule has 0 aliphatic carbocycles. The van der Waals surface area contributed by atoms with Crippen molar-refractivity contribution >= 4 is 16.0 Å². The van der Waals surface area contributed by atoms with Crippen LogP contribution in [0.3, 0.4) is 0 Å². The van der Waals surface area contributed by atoms with Crippen molar-refractivity contribution in [2.45, 2.75) is 57.4 Å². The Morgan fingerprint density at radius 1 is 1.33 bits per heavy atom. The number of rotatable bonds is 8. The van der Waals surface area contributed by atoms with Gasteiger partial charge in [0, 0.05) is 6.04 Å². The maximum absolute atomic E-state index is 12.4. The van der Waals surface area contributed by atoms with E-state index < -0.39 is 16.0 Å². The second-order valence-corrected chi connectivity index (χ2v) is 6.99. The zero-order chi connectivity index (χ0) is 16.0. The molecule has 0 spiro atoms. The van der Waals surface area contributed by atoms with E-state index >= 15 is 0 Å². The molecule has 0 aliphatic heterocycles. The van der Waals surface area contributed by atoms with Gasteiger partial charge in [-0.1, -0.05) is 32.3 Å². The molecular weight excluding hydrogens is 290 g/mol. The van der Waals surface area contributed by atoms with Gasteiger partial charge in [0.05, 0.1) is 10.5 Å². The second kappa shape index (κ2) is 7.56. The van der Waals surface area contributed by atoms with Crippen molar-refractivity contribution in [3.63, 3.8) is 0 Å². The first-order valence-electron chi connectivity index (χ1n) is 7.14. The first kappa shape index (κ1) is 17.7. The highest BCUT2D eigenvalue weighted by Gasteiger charge is 2.21. The normalized spacial score (nSPS) is 13.1. The van der Waals surface area contributed by atoms with E-state index in [4.69, 9.17) is 5.11 Å². The Labute approximate surface area is 126 Å². The van der Waals surface area contributed by atoms with E-state index in [2.05, 4.69) is 11.6 Å². The first-order valence-corrected chi connectivity index (χ1v) is 8.62. The SMILES string of the molecule is CCCCCC(C)NS(=O)(=O)c1cc(C(=O)O)ccc1C. The number of unbranched alkanes of at least 4 members (excludes halogenated alkanes) is 2. The topological polar surface area (TPSA) is 83.5 Å². The van der Waals surface area contributed by atoms with E-state index in [0.717, 1.165) is 25.7 Å². The van der Waals surface area contributed by atoms with E-state index in [-0.39, 0.29) is 16.5 Å². The van der Waals surface area contributed by atoms with Crippen LogP contribution in [0.15, 0.2) is 23.1 Å². The molecule has 21 heavy (non-hydrogen) atoms. The molecule has 0 saturated heterocycles. The number of aryl methyl sites for hydroxylation is 1. The lowest BCUT2D eigenvalue weighted by Gasteiger charge is -2.15. The molecule has 0 saturated carbocycles. The first-order chi connectivity index (χ1) is 9.77. The lowest BCUT2D eigenvalue weighted by atomic mass is 10.1. The number of nitrogens with one attached hydrogen (secondary N) is 1. The van der Waals surface area contributed by atoms with E-state index in [0.29, 0.717) is 5.56 Å². The molecule has 1 aromatic carbocycles. The summed E-state index contributed by atoms with van der Waals surface area (Å²) < 4.78 is 27.4. The molecule has 2 N–H and O–H groups in total. The van der Waals surface area contributed by atoms with E-state index in [1.54, 1.807) is 6.92 Å².